The number of esters is 1. The lowest BCUT2D eigenvalue weighted by atomic mass is 10.2. The van der Waals surface area contributed by atoms with Crippen LogP contribution in [0.25, 0.3) is 11.0 Å². The fourth-order valence-electron chi connectivity index (χ4n) is 1.48. The normalized spacial score (nSPS) is 10.5. The molecule has 0 spiro atoms. The first-order chi connectivity index (χ1) is 7.29. The number of carbonyl (C=O) groups excluding carboxylic acids is 1. The van der Waals surface area contributed by atoms with Crippen molar-refractivity contribution in [3.05, 3.63) is 36.1 Å². The predicted molar refractivity (Wildman–Crippen MR) is 56.6 cm³/mol. The summed E-state index contributed by atoms with van der Waals surface area (Å²) in [4.78, 5) is 11.2. The third-order valence-electron chi connectivity index (χ3n) is 2.10. The Morgan fingerprint density at radius 2 is 2.20 bits per heavy atom. The third-order valence-corrected chi connectivity index (χ3v) is 2.10. The minimum atomic E-state index is -0.253. The highest BCUT2D eigenvalue weighted by molar-refractivity contribution is 5.80. The van der Waals surface area contributed by atoms with Crippen molar-refractivity contribution in [1.82, 2.24) is 0 Å². The molecule has 0 N–H and O–H groups in total. The second-order valence-electron chi connectivity index (χ2n) is 3.23. The van der Waals surface area contributed by atoms with Gasteiger partial charge in [0.2, 0.25) is 0 Å². The van der Waals surface area contributed by atoms with Gasteiger partial charge < -0.3 is 9.15 Å². The van der Waals surface area contributed by atoms with Gasteiger partial charge in [-0.2, -0.15) is 0 Å². The first-order valence-corrected chi connectivity index (χ1v) is 4.92. The molecule has 1 aromatic heterocycles. The molecule has 1 heterocycles. The smallest absolute Gasteiger partial charge is 0.313 e. The maximum Gasteiger partial charge on any atom is 0.313 e. The fraction of sp³-hybridized carbons (Fsp3) is 0.250. The Labute approximate surface area is 87.6 Å². The third kappa shape index (κ3) is 2.18. The van der Waals surface area contributed by atoms with Crippen LogP contribution in [0.15, 0.2) is 34.7 Å². The highest BCUT2D eigenvalue weighted by Crippen LogP contribution is 2.19. The number of ether oxygens (including phenoxy) is 1. The van der Waals surface area contributed by atoms with E-state index in [1.807, 2.05) is 30.3 Å². The highest BCUT2D eigenvalue weighted by Gasteiger charge is 2.08. The van der Waals surface area contributed by atoms with E-state index >= 15 is 0 Å². The van der Waals surface area contributed by atoms with Crippen molar-refractivity contribution >= 4 is 16.9 Å². The van der Waals surface area contributed by atoms with E-state index < -0.39 is 0 Å². The van der Waals surface area contributed by atoms with Crippen LogP contribution in [-0.4, -0.2) is 12.6 Å². The van der Waals surface area contributed by atoms with Crippen molar-refractivity contribution in [2.75, 3.05) is 6.61 Å². The topological polar surface area (TPSA) is 39.4 Å². The van der Waals surface area contributed by atoms with E-state index in [-0.39, 0.29) is 12.4 Å². The van der Waals surface area contributed by atoms with Crippen molar-refractivity contribution in [3.8, 4) is 0 Å². The monoisotopic (exact) mass is 204 g/mol. The molecule has 1 aromatic carbocycles. The molecule has 0 atom stereocenters. The van der Waals surface area contributed by atoms with Crippen molar-refractivity contribution in [2.45, 2.75) is 13.3 Å². The summed E-state index contributed by atoms with van der Waals surface area (Å²) in [5.74, 6) is 0.395. The van der Waals surface area contributed by atoms with E-state index in [4.69, 9.17) is 9.15 Å². The first-order valence-electron chi connectivity index (χ1n) is 4.92. The molecule has 0 aliphatic rings. The Kier molecular flexibility index (Phi) is 2.72. The van der Waals surface area contributed by atoms with E-state index in [0.29, 0.717) is 12.4 Å². The van der Waals surface area contributed by atoms with Crippen LogP contribution in [0.4, 0.5) is 0 Å². The molecule has 0 unspecified atom stereocenters. The molecule has 0 radical (unpaired) electrons. The maximum atomic E-state index is 11.2. The molecular weight excluding hydrogens is 192 g/mol. The number of benzene rings is 1. The van der Waals surface area contributed by atoms with Gasteiger partial charge in [-0.1, -0.05) is 18.2 Å². The molecule has 0 amide bonds. The SMILES string of the molecule is CCOC(=O)Cc1cc2ccccc2o1. The number of para-hydroxylation sites is 1. The van der Waals surface area contributed by atoms with Crippen molar-refractivity contribution in [3.63, 3.8) is 0 Å². The minimum absolute atomic E-state index is 0.197. The largest absolute Gasteiger partial charge is 0.466 e. The van der Waals surface area contributed by atoms with Crippen molar-refractivity contribution in [1.29, 1.82) is 0 Å². The van der Waals surface area contributed by atoms with Gasteiger partial charge in [0, 0.05) is 5.39 Å². The summed E-state index contributed by atoms with van der Waals surface area (Å²) in [7, 11) is 0. The second-order valence-corrected chi connectivity index (χ2v) is 3.23. The van der Waals surface area contributed by atoms with E-state index in [2.05, 4.69) is 0 Å². The molecule has 0 fully saturated rings. The molecule has 0 saturated heterocycles. The zero-order valence-corrected chi connectivity index (χ0v) is 8.53. The maximum absolute atomic E-state index is 11.2. The number of hydrogen-bond donors (Lipinski definition) is 0. The summed E-state index contributed by atoms with van der Waals surface area (Å²) in [6.07, 6.45) is 0.197. The summed E-state index contributed by atoms with van der Waals surface area (Å²) in [5.41, 5.74) is 0.803. The van der Waals surface area contributed by atoms with Crippen LogP contribution >= 0.6 is 0 Å². The molecule has 0 bridgehead atoms. The molecule has 0 aliphatic carbocycles. The van der Waals surface area contributed by atoms with Crippen LogP contribution in [-0.2, 0) is 16.0 Å². The summed E-state index contributed by atoms with van der Waals surface area (Å²) in [6.45, 7) is 2.19. The van der Waals surface area contributed by atoms with Crippen LogP contribution in [0.1, 0.15) is 12.7 Å². The molecule has 2 rings (SSSR count). The van der Waals surface area contributed by atoms with E-state index in [1.54, 1.807) is 6.92 Å². The van der Waals surface area contributed by atoms with Crippen molar-refractivity contribution in [2.24, 2.45) is 0 Å². The minimum Gasteiger partial charge on any atom is -0.466 e. The quantitative estimate of drug-likeness (QED) is 0.721. The number of furan rings is 1. The summed E-state index contributed by atoms with van der Waals surface area (Å²) in [6, 6.07) is 9.54. The Morgan fingerprint density at radius 1 is 1.40 bits per heavy atom. The molecule has 2 aromatic rings. The number of fused-ring (bicyclic) bond motifs is 1. The lowest BCUT2D eigenvalue weighted by Crippen LogP contribution is -2.06. The average molecular weight is 204 g/mol. The molecule has 3 nitrogen and oxygen atoms in total. The summed E-state index contributed by atoms with van der Waals surface area (Å²) < 4.78 is 10.3. The molecule has 3 heteroatoms. The van der Waals surface area contributed by atoms with Gasteiger partial charge in [-0.05, 0) is 19.1 Å². The van der Waals surface area contributed by atoms with Crippen LogP contribution in [0.5, 0.6) is 0 Å². The average Bonchev–Trinajstić information content (AvgIpc) is 2.59. The Balaban J connectivity index is 2.18. The van der Waals surface area contributed by atoms with Gasteiger partial charge >= 0.3 is 5.97 Å². The van der Waals surface area contributed by atoms with E-state index in [9.17, 15) is 4.79 Å². The number of carbonyl (C=O) groups is 1. The molecular formula is C12H12O3. The number of rotatable bonds is 3. The molecule has 15 heavy (non-hydrogen) atoms. The van der Waals surface area contributed by atoms with Gasteiger partial charge in [0.1, 0.15) is 17.8 Å². The zero-order chi connectivity index (χ0) is 10.7. The Hall–Kier alpha value is -1.77. The van der Waals surface area contributed by atoms with Crippen molar-refractivity contribution < 1.29 is 13.9 Å². The molecule has 0 aliphatic heterocycles. The van der Waals surface area contributed by atoms with Crippen LogP contribution in [0.2, 0.25) is 0 Å². The van der Waals surface area contributed by atoms with E-state index in [0.717, 1.165) is 11.0 Å². The highest BCUT2D eigenvalue weighted by atomic mass is 16.5. The van der Waals surface area contributed by atoms with Gasteiger partial charge in [0.15, 0.2) is 0 Å². The van der Waals surface area contributed by atoms with Gasteiger partial charge in [-0.3, -0.25) is 4.79 Å². The number of hydrogen-bond acceptors (Lipinski definition) is 3. The second kappa shape index (κ2) is 4.17. The van der Waals surface area contributed by atoms with Gasteiger partial charge in [-0.15, -0.1) is 0 Å². The van der Waals surface area contributed by atoms with E-state index in [1.165, 1.54) is 0 Å². The Bertz CT molecular complexity index is 437. The van der Waals surface area contributed by atoms with Crippen LogP contribution in [0, 0.1) is 0 Å². The lowest BCUT2D eigenvalue weighted by molar-refractivity contribution is -0.142. The lowest BCUT2D eigenvalue weighted by Gasteiger charge is -1.97. The standard InChI is InChI=1S/C12H12O3/c1-2-14-12(13)8-10-7-9-5-3-4-6-11(9)15-10/h3-7H,2,8H2,1H3. The van der Waals surface area contributed by atoms with Gasteiger partial charge in [0.25, 0.3) is 0 Å². The molecule has 78 valence electrons. The van der Waals surface area contributed by atoms with Gasteiger partial charge in [-0.25, -0.2) is 0 Å². The predicted octanol–water partition coefficient (Wildman–Crippen LogP) is 2.54. The van der Waals surface area contributed by atoms with Gasteiger partial charge in [0.05, 0.1) is 6.61 Å². The van der Waals surface area contributed by atoms with Crippen LogP contribution in [0.3, 0.4) is 0 Å². The van der Waals surface area contributed by atoms with Crippen LogP contribution < -0.4 is 0 Å². The Morgan fingerprint density at radius 3 is 2.93 bits per heavy atom. The summed E-state index contributed by atoms with van der Waals surface area (Å²) >= 11 is 0. The molecule has 0 saturated carbocycles. The first kappa shape index (κ1) is 9.77. The zero-order valence-electron chi connectivity index (χ0n) is 8.53. The fourth-order valence-corrected chi connectivity index (χ4v) is 1.48. The summed E-state index contributed by atoms with van der Waals surface area (Å²) in [5, 5.41) is 1.01.